The summed E-state index contributed by atoms with van der Waals surface area (Å²) >= 11 is 5.83. The van der Waals surface area contributed by atoms with Crippen molar-refractivity contribution >= 4 is 17.4 Å². The Balaban J connectivity index is 1.74. The van der Waals surface area contributed by atoms with E-state index in [1.54, 1.807) is 12.1 Å². The Hall–Kier alpha value is -2.13. The molecular formula is C12H11ClN6. The molecule has 1 aliphatic heterocycles. The molecule has 1 aliphatic rings. The molecule has 0 aromatic carbocycles. The molecule has 6 nitrogen and oxygen atoms in total. The SMILES string of the molecule is N#Cc1nc(NCc2nnc3n2CCC3)ccc1Cl. The molecule has 0 fully saturated rings. The number of fused-ring (bicyclic) bond motifs is 1. The topological polar surface area (TPSA) is 79.4 Å². The molecule has 19 heavy (non-hydrogen) atoms. The zero-order valence-electron chi connectivity index (χ0n) is 10.1. The molecule has 3 heterocycles. The predicted octanol–water partition coefficient (Wildman–Crippen LogP) is 1.76. The van der Waals surface area contributed by atoms with E-state index in [1.807, 2.05) is 6.07 Å². The largest absolute Gasteiger partial charge is 0.363 e. The average molecular weight is 275 g/mol. The van der Waals surface area contributed by atoms with E-state index in [0.717, 1.165) is 31.0 Å². The van der Waals surface area contributed by atoms with Crippen molar-refractivity contribution in [2.75, 3.05) is 5.32 Å². The minimum Gasteiger partial charge on any atom is -0.363 e. The zero-order valence-corrected chi connectivity index (χ0v) is 10.9. The quantitative estimate of drug-likeness (QED) is 0.922. The summed E-state index contributed by atoms with van der Waals surface area (Å²) in [6.07, 6.45) is 2.11. The van der Waals surface area contributed by atoms with Crippen molar-refractivity contribution in [3.63, 3.8) is 0 Å². The second kappa shape index (κ2) is 4.86. The lowest BCUT2D eigenvalue weighted by molar-refractivity contribution is 0.695. The molecule has 1 N–H and O–H groups in total. The van der Waals surface area contributed by atoms with Crippen molar-refractivity contribution < 1.29 is 0 Å². The van der Waals surface area contributed by atoms with Gasteiger partial charge in [0.2, 0.25) is 0 Å². The molecule has 7 heteroatoms. The molecule has 0 bridgehead atoms. The van der Waals surface area contributed by atoms with E-state index in [2.05, 4.69) is 25.1 Å². The molecule has 0 saturated heterocycles. The maximum Gasteiger partial charge on any atom is 0.161 e. The van der Waals surface area contributed by atoms with Gasteiger partial charge in [0.05, 0.1) is 11.6 Å². The maximum absolute atomic E-state index is 8.87. The Morgan fingerprint density at radius 3 is 3.16 bits per heavy atom. The van der Waals surface area contributed by atoms with Crippen LogP contribution in [-0.2, 0) is 19.5 Å². The van der Waals surface area contributed by atoms with E-state index < -0.39 is 0 Å². The van der Waals surface area contributed by atoms with E-state index in [-0.39, 0.29) is 5.69 Å². The average Bonchev–Trinajstić information content (AvgIpc) is 3.01. The van der Waals surface area contributed by atoms with Gasteiger partial charge in [0.1, 0.15) is 17.7 Å². The van der Waals surface area contributed by atoms with Gasteiger partial charge in [0.25, 0.3) is 0 Å². The van der Waals surface area contributed by atoms with Crippen LogP contribution in [-0.4, -0.2) is 19.7 Å². The lowest BCUT2D eigenvalue weighted by atomic mass is 10.3. The molecule has 0 saturated carbocycles. The maximum atomic E-state index is 8.87. The summed E-state index contributed by atoms with van der Waals surface area (Å²) in [4.78, 5) is 4.12. The van der Waals surface area contributed by atoms with E-state index in [0.29, 0.717) is 17.4 Å². The number of hydrogen-bond donors (Lipinski definition) is 1. The molecule has 96 valence electrons. The van der Waals surface area contributed by atoms with E-state index in [4.69, 9.17) is 16.9 Å². The van der Waals surface area contributed by atoms with Gasteiger partial charge in [-0.2, -0.15) is 5.26 Å². The summed E-state index contributed by atoms with van der Waals surface area (Å²) in [7, 11) is 0. The number of aryl methyl sites for hydroxylation is 1. The highest BCUT2D eigenvalue weighted by Gasteiger charge is 2.16. The Kier molecular flexibility index (Phi) is 3.05. The summed E-state index contributed by atoms with van der Waals surface area (Å²) in [6, 6.07) is 5.35. The van der Waals surface area contributed by atoms with Crippen LogP contribution in [0.15, 0.2) is 12.1 Å². The van der Waals surface area contributed by atoms with Crippen LogP contribution in [0.4, 0.5) is 5.82 Å². The van der Waals surface area contributed by atoms with Gasteiger partial charge in [-0.25, -0.2) is 4.98 Å². The van der Waals surface area contributed by atoms with Crippen molar-refractivity contribution in [2.24, 2.45) is 0 Å². The standard InChI is InChI=1S/C12H11ClN6/c13-8-3-4-10(16-9(8)6-14)15-7-12-18-17-11-2-1-5-19(11)12/h3-4H,1-2,5,7H2,(H,15,16). The van der Waals surface area contributed by atoms with Crippen LogP contribution in [0.25, 0.3) is 0 Å². The van der Waals surface area contributed by atoms with Crippen molar-refractivity contribution in [1.29, 1.82) is 5.26 Å². The van der Waals surface area contributed by atoms with Crippen LogP contribution in [0.1, 0.15) is 23.8 Å². The van der Waals surface area contributed by atoms with Crippen LogP contribution < -0.4 is 5.32 Å². The summed E-state index contributed by atoms with van der Waals surface area (Å²) in [5.41, 5.74) is 0.220. The third kappa shape index (κ3) is 2.25. The smallest absolute Gasteiger partial charge is 0.161 e. The van der Waals surface area contributed by atoms with Crippen LogP contribution in [0.2, 0.25) is 5.02 Å². The van der Waals surface area contributed by atoms with Crippen molar-refractivity contribution in [2.45, 2.75) is 25.9 Å². The Labute approximate surface area is 115 Å². The van der Waals surface area contributed by atoms with Gasteiger partial charge in [0, 0.05) is 13.0 Å². The van der Waals surface area contributed by atoms with Gasteiger partial charge in [-0.15, -0.1) is 10.2 Å². The highest BCUT2D eigenvalue weighted by molar-refractivity contribution is 6.31. The fourth-order valence-electron chi connectivity index (χ4n) is 2.13. The van der Waals surface area contributed by atoms with Gasteiger partial charge in [0.15, 0.2) is 11.5 Å². The number of nitriles is 1. The number of pyridine rings is 1. The third-order valence-corrected chi connectivity index (χ3v) is 3.37. The summed E-state index contributed by atoms with van der Waals surface area (Å²) in [5, 5.41) is 20.6. The fourth-order valence-corrected chi connectivity index (χ4v) is 2.28. The van der Waals surface area contributed by atoms with Crippen LogP contribution in [0.5, 0.6) is 0 Å². The van der Waals surface area contributed by atoms with Crippen molar-refractivity contribution in [1.82, 2.24) is 19.7 Å². The van der Waals surface area contributed by atoms with Crippen molar-refractivity contribution in [3.8, 4) is 6.07 Å². The Bertz CT molecular complexity index is 657. The molecule has 0 aliphatic carbocycles. The number of halogens is 1. The number of aromatic nitrogens is 4. The number of nitrogens with zero attached hydrogens (tertiary/aromatic N) is 5. The summed E-state index contributed by atoms with van der Waals surface area (Å²) in [5.74, 6) is 2.54. The number of rotatable bonds is 3. The van der Waals surface area contributed by atoms with Gasteiger partial charge in [-0.3, -0.25) is 0 Å². The molecule has 2 aromatic rings. The van der Waals surface area contributed by atoms with Crippen LogP contribution >= 0.6 is 11.6 Å². The second-order valence-electron chi connectivity index (χ2n) is 4.28. The predicted molar refractivity (Wildman–Crippen MR) is 69.6 cm³/mol. The normalized spacial score (nSPS) is 13.1. The van der Waals surface area contributed by atoms with Gasteiger partial charge < -0.3 is 9.88 Å². The first-order valence-electron chi connectivity index (χ1n) is 5.99. The number of hydrogen-bond acceptors (Lipinski definition) is 5. The zero-order chi connectivity index (χ0) is 13.2. The fraction of sp³-hybridized carbons (Fsp3) is 0.333. The van der Waals surface area contributed by atoms with Crippen molar-refractivity contribution in [3.05, 3.63) is 34.5 Å². The first kappa shape index (κ1) is 11.9. The highest BCUT2D eigenvalue weighted by Crippen LogP contribution is 2.17. The first-order valence-corrected chi connectivity index (χ1v) is 6.37. The molecule has 0 amide bonds. The molecule has 3 rings (SSSR count). The summed E-state index contributed by atoms with van der Waals surface area (Å²) < 4.78 is 2.12. The Morgan fingerprint density at radius 2 is 2.32 bits per heavy atom. The van der Waals surface area contributed by atoms with Gasteiger partial charge >= 0.3 is 0 Å². The van der Waals surface area contributed by atoms with Gasteiger partial charge in [-0.05, 0) is 18.6 Å². The molecule has 0 radical (unpaired) electrons. The van der Waals surface area contributed by atoms with Crippen LogP contribution in [0.3, 0.4) is 0 Å². The number of nitrogens with one attached hydrogen (secondary N) is 1. The Morgan fingerprint density at radius 1 is 1.42 bits per heavy atom. The molecule has 0 atom stereocenters. The van der Waals surface area contributed by atoms with Crippen LogP contribution in [0, 0.1) is 11.3 Å². The van der Waals surface area contributed by atoms with Gasteiger partial charge in [-0.1, -0.05) is 11.6 Å². The van der Waals surface area contributed by atoms with E-state index in [9.17, 15) is 0 Å². The molecule has 0 unspecified atom stereocenters. The lowest BCUT2D eigenvalue weighted by Gasteiger charge is -2.06. The second-order valence-corrected chi connectivity index (χ2v) is 4.69. The highest BCUT2D eigenvalue weighted by atomic mass is 35.5. The lowest BCUT2D eigenvalue weighted by Crippen LogP contribution is -2.08. The first-order chi connectivity index (χ1) is 9.28. The molecule has 0 spiro atoms. The molecular weight excluding hydrogens is 264 g/mol. The van der Waals surface area contributed by atoms with E-state index in [1.165, 1.54) is 0 Å². The number of anilines is 1. The molecule has 2 aromatic heterocycles. The minimum absolute atomic E-state index is 0.220. The summed E-state index contributed by atoms with van der Waals surface area (Å²) in [6.45, 7) is 1.50. The van der Waals surface area contributed by atoms with E-state index >= 15 is 0 Å². The third-order valence-electron chi connectivity index (χ3n) is 3.07. The minimum atomic E-state index is 0.220. The monoisotopic (exact) mass is 274 g/mol.